The second-order valence-electron chi connectivity index (χ2n) is 1.96. The minimum Gasteiger partial charge on any atom is -0.279 e. The van der Waals surface area contributed by atoms with Crippen LogP contribution in [0.3, 0.4) is 0 Å². The Morgan fingerprint density at radius 1 is 1.27 bits per heavy atom. The molecule has 0 bridgehead atoms. The Balaban J connectivity index is 5.14. The van der Waals surface area contributed by atoms with Crippen molar-refractivity contribution in [2.45, 2.75) is 6.92 Å². The van der Waals surface area contributed by atoms with Gasteiger partial charge in [0.25, 0.3) is 0 Å². The first-order valence-electron chi connectivity index (χ1n) is 2.73. The van der Waals surface area contributed by atoms with E-state index >= 15 is 0 Å². The quantitative estimate of drug-likeness (QED) is 0.451. The average Bonchev–Trinajstić information content (AvgIpc) is 1.84. The Hall–Kier alpha value is -0.430. The molecule has 0 unspecified atom stereocenters. The fourth-order valence-corrected chi connectivity index (χ4v) is 2.82. The van der Waals surface area contributed by atoms with Crippen LogP contribution < -0.4 is 0 Å². The number of hydrogen-bond donors (Lipinski definition) is 1. The van der Waals surface area contributed by atoms with Crippen molar-refractivity contribution in [3.05, 3.63) is 0 Å². The third-order valence-corrected chi connectivity index (χ3v) is 4.67. The molecule has 0 rings (SSSR count). The Kier molecular flexibility index (Phi) is 2.79. The van der Waals surface area contributed by atoms with E-state index in [1.165, 1.54) is 6.92 Å². The lowest BCUT2D eigenvalue weighted by Gasteiger charge is -1.98. The summed E-state index contributed by atoms with van der Waals surface area (Å²) in [6.07, 6.45) is 0.697. The van der Waals surface area contributed by atoms with Gasteiger partial charge in [0, 0.05) is 6.26 Å². The summed E-state index contributed by atoms with van der Waals surface area (Å²) in [6.45, 7) is 1.29. The molecule has 7 heteroatoms. The van der Waals surface area contributed by atoms with Gasteiger partial charge in [0.15, 0.2) is 0 Å². The van der Waals surface area contributed by atoms with Gasteiger partial charge in [0.05, 0.1) is 5.75 Å². The summed E-state index contributed by atoms with van der Waals surface area (Å²) >= 11 is 0. The Morgan fingerprint density at radius 3 is 1.73 bits per heavy atom. The highest BCUT2D eigenvalue weighted by molar-refractivity contribution is 8.30. The molecule has 0 spiro atoms. The van der Waals surface area contributed by atoms with Crippen LogP contribution in [0.15, 0.2) is 0 Å². The molecule has 0 fully saturated rings. The number of rotatable bonds is 1. The van der Waals surface area contributed by atoms with Crippen molar-refractivity contribution in [3.8, 4) is 0 Å². The maximum atomic E-state index is 10.7. The number of hydrogen-bond acceptors (Lipinski definition) is 5. The summed E-state index contributed by atoms with van der Waals surface area (Å²) in [7, 11) is -7.74. The van der Waals surface area contributed by atoms with E-state index in [4.69, 9.17) is 5.41 Å². The van der Waals surface area contributed by atoms with Crippen LogP contribution in [0.4, 0.5) is 0 Å². The van der Waals surface area contributed by atoms with Gasteiger partial charge in [-0.05, 0) is 0 Å². The predicted molar refractivity (Wildman–Crippen MR) is 42.0 cm³/mol. The van der Waals surface area contributed by atoms with E-state index in [2.05, 4.69) is 0 Å². The van der Waals surface area contributed by atoms with Gasteiger partial charge < -0.3 is 0 Å². The average molecular weight is 199 g/mol. The standard InChI is InChI=1S/C4H9NO4S2/c1-3-11(8,9)4(5)10(2,6)7/h5H,3H2,1-2H3. The predicted octanol–water partition coefficient (Wildman–Crippen LogP) is -0.600. The Labute approximate surface area is 65.8 Å². The van der Waals surface area contributed by atoms with E-state index in [0.29, 0.717) is 6.26 Å². The fraction of sp³-hybridized carbons (Fsp3) is 0.750. The second-order valence-corrected chi connectivity index (χ2v) is 6.39. The fourth-order valence-electron chi connectivity index (χ4n) is 0.362. The lowest BCUT2D eigenvalue weighted by atomic mass is 11.0. The van der Waals surface area contributed by atoms with Gasteiger partial charge >= 0.3 is 0 Å². The monoisotopic (exact) mass is 199 g/mol. The molecule has 0 radical (unpaired) electrons. The van der Waals surface area contributed by atoms with Crippen LogP contribution in [0.1, 0.15) is 6.92 Å². The molecule has 11 heavy (non-hydrogen) atoms. The summed E-state index contributed by atoms with van der Waals surface area (Å²) < 4.78 is 41.3. The van der Waals surface area contributed by atoms with E-state index in [-0.39, 0.29) is 5.75 Å². The van der Waals surface area contributed by atoms with Crippen LogP contribution in [0.2, 0.25) is 0 Å². The van der Waals surface area contributed by atoms with Gasteiger partial charge in [-0.2, -0.15) is 0 Å². The highest BCUT2D eigenvalue weighted by Crippen LogP contribution is 1.98. The van der Waals surface area contributed by atoms with E-state index in [0.717, 1.165) is 0 Å². The molecule has 66 valence electrons. The largest absolute Gasteiger partial charge is 0.279 e. The van der Waals surface area contributed by atoms with Gasteiger partial charge in [0.1, 0.15) is 0 Å². The van der Waals surface area contributed by atoms with Crippen LogP contribution in [0.25, 0.3) is 0 Å². The van der Waals surface area contributed by atoms with Crippen LogP contribution in [-0.2, 0) is 19.7 Å². The first-order chi connectivity index (χ1) is 4.72. The molecule has 0 aromatic carbocycles. The van der Waals surface area contributed by atoms with Crippen LogP contribution in [0.5, 0.6) is 0 Å². The molecule has 0 aliphatic carbocycles. The van der Waals surface area contributed by atoms with Gasteiger partial charge in [-0.15, -0.1) is 0 Å². The molecule has 0 aliphatic rings. The minimum absolute atomic E-state index is 0.362. The molecule has 0 amide bonds. The number of nitrogens with one attached hydrogen (secondary N) is 1. The SMILES string of the molecule is CCS(=O)(=O)C(=N)S(C)(=O)=O. The van der Waals surface area contributed by atoms with Crippen LogP contribution in [0, 0.1) is 5.41 Å². The van der Waals surface area contributed by atoms with Crippen molar-refractivity contribution >= 4 is 24.1 Å². The molecule has 0 saturated carbocycles. The Morgan fingerprint density at radius 2 is 1.64 bits per heavy atom. The zero-order chi connectivity index (χ0) is 9.28. The first kappa shape index (κ1) is 10.6. The minimum atomic E-state index is -3.88. The van der Waals surface area contributed by atoms with Gasteiger partial charge in [-0.3, -0.25) is 5.41 Å². The summed E-state index contributed by atoms with van der Waals surface area (Å²) in [5.74, 6) is -0.362. The zero-order valence-corrected chi connectivity index (χ0v) is 7.79. The zero-order valence-electron chi connectivity index (χ0n) is 6.16. The van der Waals surface area contributed by atoms with Crippen molar-refractivity contribution in [2.24, 2.45) is 0 Å². The third-order valence-electron chi connectivity index (χ3n) is 0.999. The van der Waals surface area contributed by atoms with Crippen molar-refractivity contribution in [3.63, 3.8) is 0 Å². The molecule has 1 N–H and O–H groups in total. The molecular formula is C4H9NO4S2. The summed E-state index contributed by atoms with van der Waals surface area (Å²) in [4.78, 5) is 0. The van der Waals surface area contributed by atoms with Gasteiger partial charge in [0.2, 0.25) is 24.1 Å². The molecule has 0 saturated heterocycles. The summed E-state index contributed by atoms with van der Waals surface area (Å²) in [6, 6.07) is 0. The molecule has 0 aromatic heterocycles. The smallest absolute Gasteiger partial charge is 0.239 e. The highest BCUT2D eigenvalue weighted by Gasteiger charge is 2.24. The molecule has 0 heterocycles. The van der Waals surface area contributed by atoms with Crippen molar-refractivity contribution in [2.75, 3.05) is 12.0 Å². The molecule has 0 aromatic rings. The lowest BCUT2D eigenvalue weighted by molar-refractivity contribution is 0.605. The van der Waals surface area contributed by atoms with E-state index in [9.17, 15) is 16.8 Å². The highest BCUT2D eigenvalue weighted by atomic mass is 32.3. The maximum absolute atomic E-state index is 10.7. The molecule has 0 atom stereocenters. The van der Waals surface area contributed by atoms with Crippen LogP contribution >= 0.6 is 0 Å². The first-order valence-corrected chi connectivity index (χ1v) is 6.27. The topological polar surface area (TPSA) is 92.1 Å². The van der Waals surface area contributed by atoms with E-state index < -0.39 is 24.1 Å². The summed E-state index contributed by atoms with van der Waals surface area (Å²) in [5, 5.41) is 6.77. The second kappa shape index (κ2) is 2.90. The van der Waals surface area contributed by atoms with Gasteiger partial charge in [-0.1, -0.05) is 6.92 Å². The van der Waals surface area contributed by atoms with E-state index in [1.54, 1.807) is 0 Å². The Bertz CT molecular complexity index is 350. The number of sulfone groups is 2. The van der Waals surface area contributed by atoms with Crippen molar-refractivity contribution < 1.29 is 16.8 Å². The third kappa shape index (κ3) is 2.58. The maximum Gasteiger partial charge on any atom is 0.239 e. The lowest BCUT2D eigenvalue weighted by Crippen LogP contribution is -2.23. The molecule has 5 nitrogen and oxygen atoms in total. The van der Waals surface area contributed by atoms with Crippen molar-refractivity contribution in [1.29, 1.82) is 5.41 Å². The summed E-state index contributed by atoms with van der Waals surface area (Å²) in [5.41, 5.74) is 0. The van der Waals surface area contributed by atoms with Gasteiger partial charge in [-0.25, -0.2) is 16.8 Å². The van der Waals surface area contributed by atoms with Crippen LogP contribution in [-0.4, -0.2) is 33.2 Å². The molecular weight excluding hydrogens is 190 g/mol. The van der Waals surface area contributed by atoms with Crippen molar-refractivity contribution in [1.82, 2.24) is 0 Å². The van der Waals surface area contributed by atoms with E-state index in [1.807, 2.05) is 0 Å². The normalized spacial score (nSPS) is 12.9. The molecule has 0 aliphatic heterocycles.